The maximum absolute atomic E-state index is 5.94. The second kappa shape index (κ2) is 6.21. The quantitative estimate of drug-likeness (QED) is 0.844. The lowest BCUT2D eigenvalue weighted by atomic mass is 10.0. The minimum atomic E-state index is -0.154. The zero-order valence-electron chi connectivity index (χ0n) is 12.1. The number of methoxy groups -OCH3 is 1. The summed E-state index contributed by atoms with van der Waals surface area (Å²) in [6.07, 6.45) is 0.843. The van der Waals surface area contributed by atoms with E-state index >= 15 is 0 Å². The van der Waals surface area contributed by atoms with Gasteiger partial charge in [-0.25, -0.2) is 0 Å². The summed E-state index contributed by atoms with van der Waals surface area (Å²) in [5.41, 5.74) is 8.02. The lowest BCUT2D eigenvalue weighted by Crippen LogP contribution is -2.25. The van der Waals surface area contributed by atoms with Gasteiger partial charge in [0.15, 0.2) is 0 Å². The summed E-state index contributed by atoms with van der Waals surface area (Å²) < 4.78 is 11.2. The topological polar surface area (TPSA) is 44.5 Å². The molecule has 3 nitrogen and oxygen atoms in total. The number of hydrogen-bond acceptors (Lipinski definition) is 3. The summed E-state index contributed by atoms with van der Waals surface area (Å²) in [7, 11) is 1.72. The van der Waals surface area contributed by atoms with Gasteiger partial charge < -0.3 is 15.2 Å². The Labute approximate surface area is 110 Å². The molecule has 0 fully saturated rings. The predicted octanol–water partition coefficient (Wildman–Crippen LogP) is 3.21. The van der Waals surface area contributed by atoms with E-state index < -0.39 is 0 Å². The first-order chi connectivity index (χ1) is 8.35. The molecule has 1 aromatic rings. The third-order valence-electron chi connectivity index (χ3n) is 3.17. The fourth-order valence-corrected chi connectivity index (χ4v) is 1.65. The highest BCUT2D eigenvalue weighted by atomic mass is 16.5. The first kappa shape index (κ1) is 15.0. The van der Waals surface area contributed by atoms with Gasteiger partial charge in [-0.3, -0.25) is 0 Å². The summed E-state index contributed by atoms with van der Waals surface area (Å²) in [4.78, 5) is 0. The molecule has 2 N–H and O–H groups in total. The Morgan fingerprint density at radius 2 is 2.00 bits per heavy atom. The minimum absolute atomic E-state index is 0.0176. The highest BCUT2D eigenvalue weighted by Gasteiger charge is 2.17. The molecule has 1 rings (SSSR count). The van der Waals surface area contributed by atoms with Crippen molar-refractivity contribution in [2.24, 2.45) is 5.73 Å². The van der Waals surface area contributed by atoms with Crippen LogP contribution in [0.15, 0.2) is 18.2 Å². The number of nitrogens with two attached hydrogens (primary N) is 1. The Hall–Kier alpha value is -1.06. The summed E-state index contributed by atoms with van der Waals surface area (Å²) in [5, 5.41) is 0. The molecular formula is C15H25NO2. The third kappa shape index (κ3) is 4.31. The Balaban J connectivity index is 2.69. The maximum Gasteiger partial charge on any atom is 0.124 e. The molecule has 102 valence electrons. The fourth-order valence-electron chi connectivity index (χ4n) is 1.65. The molecule has 0 aliphatic heterocycles. The predicted molar refractivity (Wildman–Crippen MR) is 75.0 cm³/mol. The first-order valence-corrected chi connectivity index (χ1v) is 6.40. The van der Waals surface area contributed by atoms with Crippen LogP contribution in [-0.4, -0.2) is 19.3 Å². The van der Waals surface area contributed by atoms with Crippen LogP contribution in [0.25, 0.3) is 0 Å². The summed E-state index contributed by atoms with van der Waals surface area (Å²) in [5.74, 6) is 0.886. The van der Waals surface area contributed by atoms with E-state index in [1.807, 2.05) is 19.1 Å². The van der Waals surface area contributed by atoms with Crippen LogP contribution in [0, 0.1) is 6.92 Å². The monoisotopic (exact) mass is 251 g/mol. The van der Waals surface area contributed by atoms with Crippen molar-refractivity contribution in [2.45, 2.75) is 45.8 Å². The molecule has 0 aliphatic rings. The van der Waals surface area contributed by atoms with Gasteiger partial charge in [0.2, 0.25) is 0 Å². The molecule has 0 aromatic heterocycles. The number of rotatable bonds is 6. The molecule has 0 bridgehead atoms. The molecule has 18 heavy (non-hydrogen) atoms. The Morgan fingerprint density at radius 1 is 1.33 bits per heavy atom. The zero-order valence-corrected chi connectivity index (χ0v) is 12.1. The Morgan fingerprint density at radius 3 is 2.56 bits per heavy atom. The largest absolute Gasteiger partial charge is 0.493 e. The highest BCUT2D eigenvalue weighted by Crippen LogP contribution is 2.26. The van der Waals surface area contributed by atoms with Gasteiger partial charge in [-0.1, -0.05) is 12.1 Å². The molecule has 0 spiro atoms. The fraction of sp³-hybridized carbons (Fsp3) is 0.600. The van der Waals surface area contributed by atoms with Crippen molar-refractivity contribution in [3.63, 3.8) is 0 Å². The minimum Gasteiger partial charge on any atom is -0.493 e. The van der Waals surface area contributed by atoms with Crippen LogP contribution < -0.4 is 10.5 Å². The van der Waals surface area contributed by atoms with Gasteiger partial charge in [-0.05, 0) is 39.3 Å². The van der Waals surface area contributed by atoms with E-state index in [1.54, 1.807) is 7.11 Å². The normalized spacial score (nSPS) is 13.4. The van der Waals surface area contributed by atoms with Crippen LogP contribution in [0.2, 0.25) is 0 Å². The van der Waals surface area contributed by atoms with Crippen molar-refractivity contribution >= 4 is 0 Å². The maximum atomic E-state index is 5.94. The van der Waals surface area contributed by atoms with Crippen molar-refractivity contribution in [3.8, 4) is 5.75 Å². The zero-order chi connectivity index (χ0) is 13.8. The molecule has 0 saturated heterocycles. The van der Waals surface area contributed by atoms with E-state index in [1.165, 1.54) is 5.56 Å². The van der Waals surface area contributed by atoms with E-state index in [0.29, 0.717) is 6.61 Å². The molecule has 0 heterocycles. The van der Waals surface area contributed by atoms with Crippen LogP contribution in [0.3, 0.4) is 0 Å². The molecule has 0 saturated carbocycles. The average molecular weight is 251 g/mol. The molecule has 1 atom stereocenters. The standard InChI is InChI=1S/C15H25NO2/c1-11-6-7-13(12(2)16)14(10-11)18-9-8-15(3,4)17-5/h6-7,10,12H,8-9,16H2,1-5H3. The molecule has 0 amide bonds. The SMILES string of the molecule is COC(C)(C)CCOc1cc(C)ccc1C(C)N. The van der Waals surface area contributed by atoms with Crippen molar-refractivity contribution in [3.05, 3.63) is 29.3 Å². The van der Waals surface area contributed by atoms with E-state index in [2.05, 4.69) is 26.8 Å². The number of benzene rings is 1. The van der Waals surface area contributed by atoms with Gasteiger partial charge in [0, 0.05) is 25.1 Å². The Kier molecular flexibility index (Phi) is 5.17. The van der Waals surface area contributed by atoms with Gasteiger partial charge in [0.05, 0.1) is 12.2 Å². The molecule has 1 unspecified atom stereocenters. The lowest BCUT2D eigenvalue weighted by molar-refractivity contribution is 0.00536. The van der Waals surface area contributed by atoms with E-state index in [0.717, 1.165) is 17.7 Å². The second-order valence-corrected chi connectivity index (χ2v) is 5.39. The Bertz CT molecular complexity index is 386. The highest BCUT2D eigenvalue weighted by molar-refractivity contribution is 5.38. The smallest absolute Gasteiger partial charge is 0.124 e. The summed E-state index contributed by atoms with van der Waals surface area (Å²) in [6.45, 7) is 8.76. The van der Waals surface area contributed by atoms with Gasteiger partial charge in [0.1, 0.15) is 5.75 Å². The first-order valence-electron chi connectivity index (χ1n) is 6.40. The second-order valence-electron chi connectivity index (χ2n) is 5.39. The van der Waals surface area contributed by atoms with E-state index in [9.17, 15) is 0 Å². The van der Waals surface area contributed by atoms with Crippen LogP contribution in [0.5, 0.6) is 5.75 Å². The van der Waals surface area contributed by atoms with E-state index in [-0.39, 0.29) is 11.6 Å². The van der Waals surface area contributed by atoms with Crippen molar-refractivity contribution in [1.29, 1.82) is 0 Å². The van der Waals surface area contributed by atoms with Crippen molar-refractivity contribution in [2.75, 3.05) is 13.7 Å². The van der Waals surface area contributed by atoms with Gasteiger partial charge in [-0.2, -0.15) is 0 Å². The number of ether oxygens (including phenoxy) is 2. The van der Waals surface area contributed by atoms with Gasteiger partial charge in [0.25, 0.3) is 0 Å². The molecule has 3 heteroatoms. The van der Waals surface area contributed by atoms with Crippen LogP contribution >= 0.6 is 0 Å². The summed E-state index contributed by atoms with van der Waals surface area (Å²) in [6, 6.07) is 6.12. The molecular weight excluding hydrogens is 226 g/mol. The van der Waals surface area contributed by atoms with Gasteiger partial charge in [-0.15, -0.1) is 0 Å². The number of hydrogen-bond donors (Lipinski definition) is 1. The average Bonchev–Trinajstić information content (AvgIpc) is 2.28. The molecule has 0 aliphatic carbocycles. The van der Waals surface area contributed by atoms with Crippen LogP contribution in [0.1, 0.15) is 44.4 Å². The molecule has 1 aromatic carbocycles. The lowest BCUT2D eigenvalue weighted by Gasteiger charge is -2.23. The number of aryl methyl sites for hydroxylation is 1. The van der Waals surface area contributed by atoms with Crippen LogP contribution in [0.4, 0.5) is 0 Å². The van der Waals surface area contributed by atoms with E-state index in [4.69, 9.17) is 15.2 Å². The molecule has 0 radical (unpaired) electrons. The summed E-state index contributed by atoms with van der Waals surface area (Å²) >= 11 is 0. The van der Waals surface area contributed by atoms with Gasteiger partial charge >= 0.3 is 0 Å². The van der Waals surface area contributed by atoms with Crippen LogP contribution in [-0.2, 0) is 4.74 Å². The third-order valence-corrected chi connectivity index (χ3v) is 3.17. The van der Waals surface area contributed by atoms with Crippen molar-refractivity contribution in [1.82, 2.24) is 0 Å². The van der Waals surface area contributed by atoms with Crippen molar-refractivity contribution < 1.29 is 9.47 Å².